The summed E-state index contributed by atoms with van der Waals surface area (Å²) in [6.07, 6.45) is 3.71. The average Bonchev–Trinajstić information content (AvgIpc) is 2.04. The Kier molecular flexibility index (Phi) is 22.1. The van der Waals surface area contributed by atoms with E-state index in [1.54, 1.807) is 0 Å². The molecule has 0 fully saturated rings. The van der Waals surface area contributed by atoms with Gasteiger partial charge >= 0.3 is 63.5 Å². The summed E-state index contributed by atoms with van der Waals surface area (Å²) in [5.41, 5.74) is 0. The molecule has 0 heterocycles. The summed E-state index contributed by atoms with van der Waals surface area (Å²) in [4.78, 5) is 32.1. The maximum atomic E-state index is 10.4. The van der Waals surface area contributed by atoms with Crippen LogP contribution in [-0.2, 0) is 4.79 Å². The molecule has 0 bridgehead atoms. The van der Waals surface area contributed by atoms with Gasteiger partial charge in [0, 0.05) is 0 Å². The molecule has 90 valence electrons. The summed E-state index contributed by atoms with van der Waals surface area (Å²) < 4.78 is 0. The molecule has 1 atom stereocenters. The molecule has 0 aromatic heterocycles. The monoisotopic (exact) mass is 366 g/mol. The van der Waals surface area contributed by atoms with Crippen molar-refractivity contribution in [2.24, 2.45) is 5.92 Å². The standard InChI is InChI=1S/C8H16O2.Ba.H3O3P.2H/c1-3-5-6-7(4-2)8(9)10;;1-4(2)3;;/h7H,3-6H2,1-2H3,(H,9,10);;1-3H;;. The second-order valence-electron chi connectivity index (χ2n) is 2.85. The molecule has 0 aliphatic rings. The second kappa shape index (κ2) is 15.4. The van der Waals surface area contributed by atoms with E-state index in [9.17, 15) is 4.79 Å². The number of rotatable bonds is 5. The zero-order valence-corrected chi connectivity index (χ0v) is 9.44. The van der Waals surface area contributed by atoms with Crippen LogP contribution in [0.4, 0.5) is 0 Å². The minimum absolute atomic E-state index is 0. The number of aliphatic carboxylic acids is 1. The van der Waals surface area contributed by atoms with Crippen LogP contribution >= 0.6 is 8.60 Å². The Morgan fingerprint density at radius 3 is 1.87 bits per heavy atom. The number of carbonyl (C=O) groups is 1. The van der Waals surface area contributed by atoms with Crippen LogP contribution in [0.2, 0.25) is 0 Å². The zero-order chi connectivity index (χ0) is 11.6. The molecule has 0 aliphatic heterocycles. The van der Waals surface area contributed by atoms with Gasteiger partial charge in [-0.15, -0.1) is 0 Å². The number of hydrogen-bond donors (Lipinski definition) is 4. The molecular weight excluding hydrogens is 344 g/mol. The van der Waals surface area contributed by atoms with Crippen molar-refractivity contribution in [3.05, 3.63) is 0 Å². The fourth-order valence-corrected chi connectivity index (χ4v) is 0.953. The molecule has 4 N–H and O–H groups in total. The molecule has 0 aromatic carbocycles. The van der Waals surface area contributed by atoms with Gasteiger partial charge in [0.1, 0.15) is 0 Å². The third kappa shape index (κ3) is 21.2. The first kappa shape index (κ1) is 21.6. The van der Waals surface area contributed by atoms with Crippen LogP contribution in [0.5, 0.6) is 0 Å². The number of carboxylic acid groups (broad SMARTS) is 1. The Bertz CT molecular complexity index is 142. The van der Waals surface area contributed by atoms with Gasteiger partial charge in [0.25, 0.3) is 0 Å². The fourth-order valence-electron chi connectivity index (χ4n) is 0.953. The van der Waals surface area contributed by atoms with Gasteiger partial charge in [-0.1, -0.05) is 26.7 Å². The summed E-state index contributed by atoms with van der Waals surface area (Å²) in [5, 5.41) is 8.60. The van der Waals surface area contributed by atoms with E-state index in [4.69, 9.17) is 19.8 Å². The summed E-state index contributed by atoms with van der Waals surface area (Å²) in [6, 6.07) is 0. The van der Waals surface area contributed by atoms with Crippen LogP contribution in [0.1, 0.15) is 39.5 Å². The minimum atomic E-state index is -2.62. The molecule has 7 heteroatoms. The van der Waals surface area contributed by atoms with E-state index in [-0.39, 0.29) is 54.8 Å². The summed E-state index contributed by atoms with van der Waals surface area (Å²) in [6.45, 7) is 4.00. The Morgan fingerprint density at radius 2 is 1.67 bits per heavy atom. The first-order valence-corrected chi connectivity index (χ1v) is 5.75. The number of unbranched alkanes of at least 4 members (excludes halogenated alkanes) is 1. The first-order chi connectivity index (χ1) is 6.45. The van der Waals surface area contributed by atoms with Gasteiger partial charge in [-0.05, 0) is 12.8 Å². The van der Waals surface area contributed by atoms with Crippen LogP contribution in [0.15, 0.2) is 0 Å². The van der Waals surface area contributed by atoms with E-state index >= 15 is 0 Å². The van der Waals surface area contributed by atoms with Crippen molar-refractivity contribution in [2.75, 3.05) is 0 Å². The summed E-state index contributed by atoms with van der Waals surface area (Å²) in [5.74, 6) is -0.754. The Balaban J connectivity index is -0.000000249. The predicted octanol–water partition coefficient (Wildman–Crippen LogP) is 0.561. The molecule has 1 unspecified atom stereocenters. The van der Waals surface area contributed by atoms with Gasteiger partial charge < -0.3 is 19.8 Å². The van der Waals surface area contributed by atoms with Gasteiger partial charge in [0.05, 0.1) is 5.92 Å². The third-order valence-corrected chi connectivity index (χ3v) is 1.75. The fraction of sp³-hybridized carbons (Fsp3) is 0.875. The van der Waals surface area contributed by atoms with Gasteiger partial charge in [-0.3, -0.25) is 4.79 Å². The molecule has 0 saturated heterocycles. The molecule has 0 radical (unpaired) electrons. The van der Waals surface area contributed by atoms with Crippen molar-refractivity contribution < 1.29 is 24.6 Å². The quantitative estimate of drug-likeness (QED) is 0.422. The molecule has 15 heavy (non-hydrogen) atoms. The van der Waals surface area contributed by atoms with Crippen LogP contribution in [0.3, 0.4) is 0 Å². The Labute approximate surface area is 132 Å². The van der Waals surface area contributed by atoms with E-state index in [0.717, 1.165) is 25.7 Å². The molecule has 0 aromatic rings. The maximum absolute atomic E-state index is 10.4. The van der Waals surface area contributed by atoms with Gasteiger partial charge in [0.2, 0.25) is 0 Å². The molecule has 0 saturated carbocycles. The van der Waals surface area contributed by atoms with Crippen molar-refractivity contribution in [1.29, 1.82) is 0 Å². The van der Waals surface area contributed by atoms with Crippen molar-refractivity contribution in [3.8, 4) is 0 Å². The number of hydrogen-bond acceptors (Lipinski definition) is 4. The molecule has 0 aliphatic carbocycles. The topological polar surface area (TPSA) is 98.0 Å². The first-order valence-electron chi connectivity index (χ1n) is 4.55. The van der Waals surface area contributed by atoms with Gasteiger partial charge in [-0.25, -0.2) is 0 Å². The number of carboxylic acids is 1. The van der Waals surface area contributed by atoms with Crippen molar-refractivity contribution in [3.63, 3.8) is 0 Å². The molecule has 0 rings (SSSR count). The van der Waals surface area contributed by atoms with Crippen LogP contribution in [0.25, 0.3) is 0 Å². The predicted molar refractivity (Wildman–Crippen MR) is 63.1 cm³/mol. The van der Waals surface area contributed by atoms with Crippen LogP contribution < -0.4 is 0 Å². The van der Waals surface area contributed by atoms with Crippen molar-refractivity contribution in [1.82, 2.24) is 0 Å². The van der Waals surface area contributed by atoms with Crippen LogP contribution in [0, 0.1) is 5.92 Å². The van der Waals surface area contributed by atoms with Crippen LogP contribution in [-0.4, -0.2) is 74.6 Å². The Morgan fingerprint density at radius 1 is 1.27 bits per heavy atom. The molecule has 5 nitrogen and oxygen atoms in total. The SMILES string of the molecule is CCCCC(CC)C(=O)O.OP(O)O.[BaH2]. The van der Waals surface area contributed by atoms with E-state index < -0.39 is 14.6 Å². The van der Waals surface area contributed by atoms with E-state index in [2.05, 4.69) is 6.92 Å². The second-order valence-corrected chi connectivity index (χ2v) is 3.39. The third-order valence-electron chi connectivity index (χ3n) is 1.75. The van der Waals surface area contributed by atoms with Gasteiger partial charge in [0.15, 0.2) is 0 Å². The summed E-state index contributed by atoms with van der Waals surface area (Å²) in [7, 11) is -2.62. The Hall–Kier alpha value is 1.35. The van der Waals surface area contributed by atoms with Crippen molar-refractivity contribution in [2.45, 2.75) is 39.5 Å². The van der Waals surface area contributed by atoms with E-state index in [0.29, 0.717) is 0 Å². The molecule has 0 amide bonds. The van der Waals surface area contributed by atoms with E-state index in [1.165, 1.54) is 0 Å². The van der Waals surface area contributed by atoms with Gasteiger partial charge in [-0.2, -0.15) is 0 Å². The average molecular weight is 366 g/mol. The zero-order valence-electron chi connectivity index (χ0n) is 8.55. The summed E-state index contributed by atoms with van der Waals surface area (Å²) >= 11 is 0. The van der Waals surface area contributed by atoms with Crippen molar-refractivity contribution >= 4 is 63.5 Å². The normalized spacial score (nSPS) is 11.1. The van der Waals surface area contributed by atoms with E-state index in [1.807, 2.05) is 6.92 Å². The molecule has 0 spiro atoms. The molecular formula is C8H21BaO5P.